The fourth-order valence-electron chi connectivity index (χ4n) is 1.83. The van der Waals surface area contributed by atoms with Gasteiger partial charge in [-0.1, -0.05) is 12.1 Å². The Hall–Kier alpha value is -2.34. The third-order valence-corrected chi connectivity index (χ3v) is 3.65. The highest BCUT2D eigenvalue weighted by Gasteiger charge is 2.16. The zero-order chi connectivity index (χ0) is 16.3. The summed E-state index contributed by atoms with van der Waals surface area (Å²) in [6, 6.07) is 8.54. The molecule has 0 atom stereocenters. The standard InChI is InChI=1S/C16H17NO4S/c1-16(2,3)21-15(20)17-11-6-4-10(5-7-11)13-12(14(18)19)8-9-22-13/h4-9H,1-3H3,(H,17,20)(H,18,19). The van der Waals surface area contributed by atoms with E-state index in [1.807, 2.05) is 0 Å². The highest BCUT2D eigenvalue weighted by Crippen LogP contribution is 2.30. The number of ether oxygens (including phenoxy) is 1. The van der Waals surface area contributed by atoms with Crippen LogP contribution >= 0.6 is 11.3 Å². The van der Waals surface area contributed by atoms with E-state index in [9.17, 15) is 9.59 Å². The van der Waals surface area contributed by atoms with Gasteiger partial charge in [-0.2, -0.15) is 0 Å². The minimum absolute atomic E-state index is 0.276. The minimum Gasteiger partial charge on any atom is -0.478 e. The van der Waals surface area contributed by atoms with E-state index in [4.69, 9.17) is 9.84 Å². The van der Waals surface area contributed by atoms with E-state index in [1.165, 1.54) is 11.3 Å². The number of thiophene rings is 1. The molecule has 1 aromatic heterocycles. The summed E-state index contributed by atoms with van der Waals surface area (Å²) in [6.45, 7) is 5.37. The van der Waals surface area contributed by atoms with Crippen LogP contribution in [0.3, 0.4) is 0 Å². The highest BCUT2D eigenvalue weighted by atomic mass is 32.1. The van der Waals surface area contributed by atoms with Crippen molar-refractivity contribution in [3.05, 3.63) is 41.3 Å². The monoisotopic (exact) mass is 319 g/mol. The molecule has 1 aromatic carbocycles. The van der Waals surface area contributed by atoms with E-state index in [2.05, 4.69) is 5.32 Å². The van der Waals surface area contributed by atoms with Crippen LogP contribution in [0.5, 0.6) is 0 Å². The first kappa shape index (κ1) is 16.0. The van der Waals surface area contributed by atoms with Crippen molar-refractivity contribution in [3.8, 4) is 10.4 Å². The van der Waals surface area contributed by atoms with Crippen molar-refractivity contribution in [1.29, 1.82) is 0 Å². The van der Waals surface area contributed by atoms with Crippen LogP contribution in [-0.2, 0) is 4.74 Å². The molecule has 0 saturated heterocycles. The quantitative estimate of drug-likeness (QED) is 0.875. The van der Waals surface area contributed by atoms with Crippen LogP contribution in [0.15, 0.2) is 35.7 Å². The van der Waals surface area contributed by atoms with Gasteiger partial charge in [-0.3, -0.25) is 5.32 Å². The molecule has 0 aliphatic carbocycles. The van der Waals surface area contributed by atoms with E-state index in [1.54, 1.807) is 56.5 Å². The summed E-state index contributed by atoms with van der Waals surface area (Å²) in [5.41, 5.74) is 1.10. The Balaban J connectivity index is 2.12. The van der Waals surface area contributed by atoms with E-state index < -0.39 is 17.7 Å². The number of aromatic carboxylic acids is 1. The molecule has 0 bridgehead atoms. The number of carboxylic acids is 1. The molecule has 1 heterocycles. The van der Waals surface area contributed by atoms with Crippen molar-refractivity contribution < 1.29 is 19.4 Å². The molecule has 116 valence electrons. The number of nitrogens with one attached hydrogen (secondary N) is 1. The first-order chi connectivity index (χ1) is 10.3. The zero-order valence-corrected chi connectivity index (χ0v) is 13.4. The van der Waals surface area contributed by atoms with Crippen LogP contribution in [0.2, 0.25) is 0 Å². The van der Waals surface area contributed by atoms with Gasteiger partial charge in [-0.15, -0.1) is 11.3 Å². The van der Waals surface area contributed by atoms with Crippen LogP contribution in [0.25, 0.3) is 10.4 Å². The number of rotatable bonds is 3. The first-order valence-corrected chi connectivity index (χ1v) is 7.55. The Morgan fingerprint density at radius 1 is 1.14 bits per heavy atom. The van der Waals surface area contributed by atoms with Gasteiger partial charge in [-0.05, 0) is 49.9 Å². The molecule has 0 spiro atoms. The molecule has 0 fully saturated rings. The Morgan fingerprint density at radius 2 is 1.77 bits per heavy atom. The molecular formula is C16H17NO4S. The molecule has 2 N–H and O–H groups in total. The van der Waals surface area contributed by atoms with Gasteiger partial charge in [0.1, 0.15) is 5.60 Å². The number of carbonyl (C=O) groups excluding carboxylic acids is 1. The van der Waals surface area contributed by atoms with Crippen molar-refractivity contribution in [3.63, 3.8) is 0 Å². The van der Waals surface area contributed by atoms with Crippen molar-refractivity contribution >= 4 is 29.1 Å². The van der Waals surface area contributed by atoms with Crippen molar-refractivity contribution in [2.45, 2.75) is 26.4 Å². The van der Waals surface area contributed by atoms with Gasteiger partial charge in [0.25, 0.3) is 0 Å². The second kappa shape index (κ2) is 6.19. The second-order valence-electron chi connectivity index (χ2n) is 5.67. The molecule has 0 aliphatic rings. The maximum absolute atomic E-state index is 11.7. The summed E-state index contributed by atoms with van der Waals surface area (Å²) in [4.78, 5) is 23.5. The molecule has 2 rings (SSSR count). The van der Waals surface area contributed by atoms with Crippen LogP contribution in [0.4, 0.5) is 10.5 Å². The lowest BCUT2D eigenvalue weighted by molar-refractivity contribution is 0.0634. The molecule has 0 saturated carbocycles. The second-order valence-corrected chi connectivity index (χ2v) is 6.59. The van der Waals surface area contributed by atoms with Gasteiger partial charge in [0.15, 0.2) is 0 Å². The Bertz CT molecular complexity index is 683. The summed E-state index contributed by atoms with van der Waals surface area (Å²) in [5.74, 6) is -0.952. The van der Waals surface area contributed by atoms with Gasteiger partial charge >= 0.3 is 12.1 Å². The number of amides is 1. The van der Waals surface area contributed by atoms with Crippen molar-refractivity contribution in [2.75, 3.05) is 5.32 Å². The smallest absolute Gasteiger partial charge is 0.412 e. The van der Waals surface area contributed by atoms with Gasteiger partial charge in [-0.25, -0.2) is 9.59 Å². The minimum atomic E-state index is -0.952. The zero-order valence-electron chi connectivity index (χ0n) is 12.5. The highest BCUT2D eigenvalue weighted by molar-refractivity contribution is 7.14. The molecule has 0 radical (unpaired) electrons. The molecule has 0 unspecified atom stereocenters. The van der Waals surface area contributed by atoms with Crippen LogP contribution < -0.4 is 5.32 Å². The van der Waals surface area contributed by atoms with E-state index in [-0.39, 0.29) is 5.56 Å². The van der Waals surface area contributed by atoms with Gasteiger partial charge in [0.2, 0.25) is 0 Å². The van der Waals surface area contributed by atoms with Crippen molar-refractivity contribution in [1.82, 2.24) is 0 Å². The molecule has 22 heavy (non-hydrogen) atoms. The Labute approximate surface area is 132 Å². The fraction of sp³-hybridized carbons (Fsp3) is 0.250. The van der Waals surface area contributed by atoms with Gasteiger partial charge in [0.05, 0.1) is 5.56 Å². The largest absolute Gasteiger partial charge is 0.478 e. The SMILES string of the molecule is CC(C)(C)OC(=O)Nc1ccc(-c2sccc2C(=O)O)cc1. The van der Waals surface area contributed by atoms with Crippen LogP contribution in [-0.4, -0.2) is 22.8 Å². The Morgan fingerprint density at radius 3 is 2.32 bits per heavy atom. The average molecular weight is 319 g/mol. The molecule has 2 aromatic rings. The predicted molar refractivity (Wildman–Crippen MR) is 86.6 cm³/mol. The number of carboxylic acid groups (broad SMARTS) is 1. The van der Waals surface area contributed by atoms with E-state index >= 15 is 0 Å². The normalized spacial score (nSPS) is 11.0. The third kappa shape index (κ3) is 4.08. The van der Waals surface area contributed by atoms with Crippen LogP contribution in [0.1, 0.15) is 31.1 Å². The lowest BCUT2D eigenvalue weighted by Gasteiger charge is -2.19. The van der Waals surface area contributed by atoms with E-state index in [0.29, 0.717) is 10.6 Å². The maximum Gasteiger partial charge on any atom is 0.412 e. The number of carbonyl (C=O) groups is 2. The lowest BCUT2D eigenvalue weighted by Crippen LogP contribution is -2.27. The number of hydrogen-bond acceptors (Lipinski definition) is 4. The molecule has 0 aliphatic heterocycles. The lowest BCUT2D eigenvalue weighted by atomic mass is 10.1. The molecule has 1 amide bonds. The average Bonchev–Trinajstić information content (AvgIpc) is 2.86. The summed E-state index contributed by atoms with van der Waals surface area (Å²) < 4.78 is 5.17. The number of hydrogen-bond donors (Lipinski definition) is 2. The summed E-state index contributed by atoms with van der Waals surface area (Å²) >= 11 is 1.37. The predicted octanol–water partition coefficient (Wildman–Crippen LogP) is 4.46. The maximum atomic E-state index is 11.7. The Kier molecular flexibility index (Phi) is 4.51. The number of benzene rings is 1. The van der Waals surface area contributed by atoms with Gasteiger partial charge < -0.3 is 9.84 Å². The topological polar surface area (TPSA) is 75.6 Å². The molecule has 5 nitrogen and oxygen atoms in total. The fourth-order valence-corrected chi connectivity index (χ4v) is 2.72. The van der Waals surface area contributed by atoms with Gasteiger partial charge in [0, 0.05) is 10.6 Å². The van der Waals surface area contributed by atoms with Crippen molar-refractivity contribution in [2.24, 2.45) is 0 Å². The summed E-state index contributed by atoms with van der Waals surface area (Å²) in [7, 11) is 0. The van der Waals surface area contributed by atoms with E-state index in [0.717, 1.165) is 5.56 Å². The molecule has 6 heteroatoms. The summed E-state index contributed by atoms with van der Waals surface area (Å²) in [5, 5.41) is 13.5. The summed E-state index contributed by atoms with van der Waals surface area (Å²) in [6.07, 6.45) is -0.525. The first-order valence-electron chi connectivity index (χ1n) is 6.67. The van der Waals surface area contributed by atoms with Crippen LogP contribution in [0, 0.1) is 0 Å². The third-order valence-electron chi connectivity index (χ3n) is 2.69. The molecular weight excluding hydrogens is 302 g/mol. The number of anilines is 1.